The second-order valence-electron chi connectivity index (χ2n) is 13.9. The van der Waals surface area contributed by atoms with Gasteiger partial charge in [0.1, 0.15) is 5.75 Å². The van der Waals surface area contributed by atoms with Crippen LogP contribution in [0.5, 0.6) is 5.75 Å². The van der Waals surface area contributed by atoms with Gasteiger partial charge in [-0.1, -0.05) is 158 Å². The fourth-order valence-corrected chi connectivity index (χ4v) is 7.19. The van der Waals surface area contributed by atoms with Crippen molar-refractivity contribution in [2.75, 3.05) is 10.2 Å². The number of rotatable bonds is 9. The molecule has 0 fully saturated rings. The maximum atomic E-state index is 10.8. The zero-order valence-electron chi connectivity index (χ0n) is 31.6. The lowest BCUT2D eigenvalue weighted by molar-refractivity contribution is 0.476. The lowest BCUT2D eigenvalue weighted by Crippen LogP contribution is -2.15. The molecule has 280 valence electrons. The van der Waals surface area contributed by atoms with Crippen LogP contribution in [0.1, 0.15) is 0 Å². The van der Waals surface area contributed by atoms with Crippen molar-refractivity contribution in [1.29, 1.82) is 0 Å². The Labute approximate surface area is 340 Å². The predicted octanol–water partition coefficient (Wildman–Crippen LogP) is 11.9. The van der Waals surface area contributed by atoms with Crippen LogP contribution < -0.4 is 10.2 Å². The van der Waals surface area contributed by atoms with Crippen LogP contribution in [0.4, 0.5) is 29.0 Å². The third-order valence-corrected chi connectivity index (χ3v) is 10.0. The number of hydrogen-bond donors (Lipinski definition) is 2. The van der Waals surface area contributed by atoms with Crippen LogP contribution in [-0.2, 0) is 0 Å². The van der Waals surface area contributed by atoms with Crippen molar-refractivity contribution in [2.24, 2.45) is 0 Å². The van der Waals surface area contributed by atoms with Crippen LogP contribution in [0, 0.1) is 0 Å². The lowest BCUT2D eigenvalue weighted by Gasteiger charge is -2.26. The van der Waals surface area contributed by atoms with Gasteiger partial charge in [0.2, 0.25) is 11.9 Å². The van der Waals surface area contributed by atoms with Crippen LogP contribution in [0.3, 0.4) is 0 Å². The number of benzene rings is 8. The van der Waals surface area contributed by atoms with Crippen LogP contribution in [0.15, 0.2) is 194 Å². The zero-order chi connectivity index (χ0) is 39.5. The standard InChI is InChI=1S/C50H34N8O/c59-40-30-28-34-24-14-26-44(42(34)32-40)58(50-56-47(37-19-9-3-10-20-37)53-48(57-50)38-21-11-4-12-22-38)39-29-27-33-23-13-25-43(41(33)31-39)51-49-54-45(35-15-5-1-6-16-35)52-46(55-49)36-17-7-2-8-18-36/h1-32,59H,(H,51,52,54,55). The molecule has 9 nitrogen and oxygen atoms in total. The summed E-state index contributed by atoms with van der Waals surface area (Å²) in [5.41, 5.74) is 5.85. The molecule has 59 heavy (non-hydrogen) atoms. The Morgan fingerprint density at radius 2 is 0.864 bits per heavy atom. The van der Waals surface area contributed by atoms with Crippen molar-refractivity contribution in [1.82, 2.24) is 29.9 Å². The first-order chi connectivity index (χ1) is 29.1. The van der Waals surface area contributed by atoms with E-state index in [1.807, 2.05) is 163 Å². The van der Waals surface area contributed by atoms with Gasteiger partial charge in [-0.2, -0.15) is 19.9 Å². The summed E-state index contributed by atoms with van der Waals surface area (Å²) in [7, 11) is 0. The quantitative estimate of drug-likeness (QED) is 0.148. The first-order valence-electron chi connectivity index (χ1n) is 19.2. The Morgan fingerprint density at radius 1 is 0.390 bits per heavy atom. The van der Waals surface area contributed by atoms with Crippen LogP contribution >= 0.6 is 0 Å². The molecule has 0 bridgehead atoms. The molecule has 0 spiro atoms. The summed E-state index contributed by atoms with van der Waals surface area (Å²) < 4.78 is 0. The lowest BCUT2D eigenvalue weighted by atomic mass is 10.0. The molecule has 9 heteroatoms. The number of nitrogens with zero attached hydrogens (tertiary/aromatic N) is 7. The highest BCUT2D eigenvalue weighted by atomic mass is 16.3. The van der Waals surface area contributed by atoms with E-state index in [0.29, 0.717) is 35.2 Å². The molecular formula is C50H34N8O. The average molecular weight is 763 g/mol. The van der Waals surface area contributed by atoms with E-state index in [-0.39, 0.29) is 5.75 Å². The third kappa shape index (κ3) is 7.16. The Kier molecular flexibility index (Phi) is 9.13. The van der Waals surface area contributed by atoms with E-state index in [1.54, 1.807) is 12.1 Å². The number of fused-ring (bicyclic) bond motifs is 2. The molecule has 0 unspecified atom stereocenters. The Morgan fingerprint density at radius 3 is 1.41 bits per heavy atom. The van der Waals surface area contributed by atoms with Gasteiger partial charge in [-0.3, -0.25) is 4.90 Å². The Bertz CT molecular complexity index is 2980. The first-order valence-corrected chi connectivity index (χ1v) is 19.2. The molecule has 0 amide bonds. The van der Waals surface area contributed by atoms with Gasteiger partial charge >= 0.3 is 0 Å². The number of phenols is 1. The van der Waals surface area contributed by atoms with E-state index in [2.05, 4.69) is 29.6 Å². The first kappa shape index (κ1) is 35.1. The summed E-state index contributed by atoms with van der Waals surface area (Å²) in [4.78, 5) is 32.0. The number of nitrogens with one attached hydrogen (secondary N) is 1. The average Bonchev–Trinajstić information content (AvgIpc) is 3.30. The van der Waals surface area contributed by atoms with E-state index in [4.69, 9.17) is 29.9 Å². The fraction of sp³-hybridized carbons (Fsp3) is 0. The molecule has 0 aliphatic heterocycles. The van der Waals surface area contributed by atoms with Crippen molar-refractivity contribution in [2.45, 2.75) is 0 Å². The van der Waals surface area contributed by atoms with Gasteiger partial charge in [0, 0.05) is 44.4 Å². The van der Waals surface area contributed by atoms with Gasteiger partial charge in [-0.15, -0.1) is 0 Å². The molecule has 0 aliphatic carbocycles. The van der Waals surface area contributed by atoms with Crippen molar-refractivity contribution in [3.8, 4) is 51.3 Å². The van der Waals surface area contributed by atoms with Gasteiger partial charge < -0.3 is 10.4 Å². The second kappa shape index (κ2) is 15.3. The van der Waals surface area contributed by atoms with E-state index in [9.17, 15) is 5.11 Å². The normalized spacial score (nSPS) is 11.1. The highest BCUT2D eigenvalue weighted by molar-refractivity contribution is 6.02. The molecular weight excluding hydrogens is 729 g/mol. The number of hydrogen-bond acceptors (Lipinski definition) is 9. The van der Waals surface area contributed by atoms with E-state index in [0.717, 1.165) is 60.9 Å². The minimum absolute atomic E-state index is 0.155. The topological polar surface area (TPSA) is 113 Å². The highest BCUT2D eigenvalue weighted by Gasteiger charge is 2.22. The summed E-state index contributed by atoms with van der Waals surface area (Å²) >= 11 is 0. The van der Waals surface area contributed by atoms with Crippen molar-refractivity contribution >= 4 is 50.5 Å². The smallest absolute Gasteiger partial charge is 0.238 e. The van der Waals surface area contributed by atoms with E-state index in [1.165, 1.54) is 0 Å². The number of anilines is 5. The summed E-state index contributed by atoms with van der Waals surface area (Å²) in [5.74, 6) is 3.17. The molecule has 0 aliphatic rings. The Balaban J connectivity index is 1.17. The summed E-state index contributed by atoms with van der Waals surface area (Å²) in [6.45, 7) is 0. The van der Waals surface area contributed by atoms with Crippen LogP contribution in [-0.4, -0.2) is 35.0 Å². The molecule has 8 aromatic carbocycles. The SMILES string of the molecule is Oc1ccc2cccc(N(c3ccc4cccc(Nc5nc(-c6ccccc6)nc(-c6ccccc6)n5)c4c3)c3nc(-c4ccccc4)nc(-c4ccccc4)n3)c2c1. The molecule has 0 saturated carbocycles. The summed E-state index contributed by atoms with van der Waals surface area (Å²) in [6, 6.07) is 63.4. The molecule has 0 radical (unpaired) electrons. The molecule has 10 aromatic rings. The summed E-state index contributed by atoms with van der Waals surface area (Å²) in [6.07, 6.45) is 0. The van der Waals surface area contributed by atoms with Gasteiger partial charge in [-0.05, 0) is 47.2 Å². The third-order valence-electron chi connectivity index (χ3n) is 10.0. The number of phenolic OH excluding ortho intramolecular Hbond substituents is 1. The van der Waals surface area contributed by atoms with Crippen molar-refractivity contribution < 1.29 is 5.11 Å². The molecule has 10 rings (SSSR count). The largest absolute Gasteiger partial charge is 0.508 e. The van der Waals surface area contributed by atoms with Crippen molar-refractivity contribution in [3.63, 3.8) is 0 Å². The maximum absolute atomic E-state index is 10.8. The van der Waals surface area contributed by atoms with Gasteiger partial charge in [-0.25, -0.2) is 9.97 Å². The van der Waals surface area contributed by atoms with E-state index < -0.39 is 0 Å². The fourth-order valence-electron chi connectivity index (χ4n) is 7.19. The molecule has 2 aromatic heterocycles. The van der Waals surface area contributed by atoms with Crippen LogP contribution in [0.25, 0.3) is 67.1 Å². The maximum Gasteiger partial charge on any atom is 0.238 e. The van der Waals surface area contributed by atoms with Crippen LogP contribution in [0.2, 0.25) is 0 Å². The molecule has 0 atom stereocenters. The molecule has 2 heterocycles. The van der Waals surface area contributed by atoms with Crippen molar-refractivity contribution in [3.05, 3.63) is 194 Å². The number of aromatic nitrogens is 6. The van der Waals surface area contributed by atoms with Gasteiger partial charge in [0.15, 0.2) is 23.3 Å². The zero-order valence-corrected chi connectivity index (χ0v) is 31.6. The minimum atomic E-state index is 0.155. The minimum Gasteiger partial charge on any atom is -0.508 e. The molecule has 2 N–H and O–H groups in total. The Hall–Kier alpha value is -8.30. The van der Waals surface area contributed by atoms with E-state index >= 15 is 0 Å². The highest BCUT2D eigenvalue weighted by Crippen LogP contribution is 2.41. The second-order valence-corrected chi connectivity index (χ2v) is 13.9. The monoisotopic (exact) mass is 762 g/mol. The summed E-state index contributed by atoms with van der Waals surface area (Å²) in [5, 5.41) is 18.0. The van der Waals surface area contributed by atoms with Gasteiger partial charge in [0.05, 0.1) is 5.69 Å². The number of aromatic hydroxyl groups is 1. The predicted molar refractivity (Wildman–Crippen MR) is 236 cm³/mol. The van der Waals surface area contributed by atoms with Gasteiger partial charge in [0.25, 0.3) is 0 Å². The molecule has 0 saturated heterocycles.